The summed E-state index contributed by atoms with van der Waals surface area (Å²) >= 11 is 0. The summed E-state index contributed by atoms with van der Waals surface area (Å²) in [7, 11) is 0. The van der Waals surface area contributed by atoms with E-state index in [0.29, 0.717) is 12.1 Å². The molecule has 0 amide bonds. The number of nitrogens with one attached hydrogen (secondary N) is 1. The van der Waals surface area contributed by atoms with Crippen molar-refractivity contribution >= 4 is 0 Å². The van der Waals surface area contributed by atoms with Gasteiger partial charge in [0.05, 0.1) is 0 Å². The number of hydrogen-bond acceptors (Lipinski definition) is 2. The van der Waals surface area contributed by atoms with Crippen molar-refractivity contribution in [3.63, 3.8) is 0 Å². The van der Waals surface area contributed by atoms with Crippen molar-refractivity contribution in [1.29, 1.82) is 0 Å². The van der Waals surface area contributed by atoms with Gasteiger partial charge in [-0.05, 0) is 25.7 Å². The third kappa shape index (κ3) is 3.71. The second kappa shape index (κ2) is 7.49. The molecule has 0 aliphatic carbocycles. The minimum Gasteiger partial charge on any atom is -0.311 e. The van der Waals surface area contributed by atoms with E-state index >= 15 is 0 Å². The van der Waals surface area contributed by atoms with Crippen LogP contribution in [0.15, 0.2) is 0 Å². The summed E-state index contributed by atoms with van der Waals surface area (Å²) in [6.07, 6.45) is 3.89. The lowest BCUT2D eigenvalue weighted by Gasteiger charge is -2.46. The van der Waals surface area contributed by atoms with Crippen molar-refractivity contribution < 1.29 is 0 Å². The third-order valence-electron chi connectivity index (χ3n) is 5.23. The Kier molecular flexibility index (Phi) is 6.65. The quantitative estimate of drug-likeness (QED) is 0.780. The lowest BCUT2D eigenvalue weighted by molar-refractivity contribution is 0.0529. The van der Waals surface area contributed by atoms with E-state index in [0.717, 1.165) is 24.4 Å². The molecule has 1 rings (SSSR count). The smallest absolute Gasteiger partial charge is 0.0221 e. The highest BCUT2D eigenvalue weighted by atomic mass is 15.3. The molecule has 1 saturated heterocycles. The summed E-state index contributed by atoms with van der Waals surface area (Å²) in [4.78, 5) is 2.75. The number of hydrogen-bond donors (Lipinski definition) is 1. The van der Waals surface area contributed by atoms with Gasteiger partial charge in [-0.25, -0.2) is 0 Å². The monoisotopic (exact) mass is 254 g/mol. The third-order valence-corrected chi connectivity index (χ3v) is 5.23. The fraction of sp³-hybridized carbons (Fsp3) is 1.00. The molecule has 1 aliphatic rings. The highest BCUT2D eigenvalue weighted by molar-refractivity contribution is 4.90. The first kappa shape index (κ1) is 16.0. The first-order chi connectivity index (χ1) is 8.54. The van der Waals surface area contributed by atoms with E-state index in [4.69, 9.17) is 0 Å². The second-order valence-corrected chi connectivity index (χ2v) is 6.26. The molecule has 2 heteroatoms. The molecule has 0 aromatic rings. The van der Waals surface area contributed by atoms with Crippen LogP contribution < -0.4 is 5.32 Å². The summed E-state index contributed by atoms with van der Waals surface area (Å²) in [6, 6.07) is 2.09. The predicted molar refractivity (Wildman–Crippen MR) is 80.9 cm³/mol. The zero-order valence-electron chi connectivity index (χ0n) is 13.4. The van der Waals surface area contributed by atoms with Crippen LogP contribution in [0.5, 0.6) is 0 Å². The molecule has 1 heterocycles. The second-order valence-electron chi connectivity index (χ2n) is 6.26. The van der Waals surface area contributed by atoms with Gasteiger partial charge in [0.15, 0.2) is 0 Å². The first-order valence-electron chi connectivity index (χ1n) is 8.04. The van der Waals surface area contributed by atoms with Crippen molar-refractivity contribution in [2.45, 2.75) is 78.9 Å². The molecule has 0 radical (unpaired) electrons. The van der Waals surface area contributed by atoms with Gasteiger partial charge in [-0.15, -0.1) is 0 Å². The first-order valence-corrected chi connectivity index (χ1v) is 8.04. The van der Waals surface area contributed by atoms with E-state index in [1.54, 1.807) is 0 Å². The van der Waals surface area contributed by atoms with Crippen molar-refractivity contribution in [2.24, 2.45) is 11.8 Å². The largest absolute Gasteiger partial charge is 0.311 e. The van der Waals surface area contributed by atoms with E-state index in [2.05, 4.69) is 51.8 Å². The molecule has 0 bridgehead atoms. The van der Waals surface area contributed by atoms with Crippen molar-refractivity contribution in [2.75, 3.05) is 13.1 Å². The Balaban J connectivity index is 2.66. The fourth-order valence-electron chi connectivity index (χ4n) is 3.39. The van der Waals surface area contributed by atoms with Gasteiger partial charge < -0.3 is 5.32 Å². The minimum absolute atomic E-state index is 0.681. The molecular weight excluding hydrogens is 220 g/mol. The van der Waals surface area contributed by atoms with E-state index in [1.165, 1.54) is 25.8 Å². The highest BCUT2D eigenvalue weighted by Crippen LogP contribution is 2.24. The van der Waals surface area contributed by atoms with Gasteiger partial charge >= 0.3 is 0 Å². The molecule has 0 aromatic carbocycles. The SMILES string of the molecule is CCC(C)C1CN(C(C)C(CC)CC)C(C)CN1. The summed E-state index contributed by atoms with van der Waals surface area (Å²) in [5.74, 6) is 1.64. The molecule has 108 valence electrons. The van der Waals surface area contributed by atoms with Gasteiger partial charge in [0.25, 0.3) is 0 Å². The molecule has 1 aliphatic heterocycles. The minimum atomic E-state index is 0.681. The maximum atomic E-state index is 3.74. The number of nitrogens with zero attached hydrogens (tertiary/aromatic N) is 1. The molecule has 2 nitrogen and oxygen atoms in total. The lowest BCUT2D eigenvalue weighted by atomic mass is 9.89. The van der Waals surface area contributed by atoms with Crippen LogP contribution >= 0.6 is 0 Å². The summed E-state index contributed by atoms with van der Waals surface area (Å²) < 4.78 is 0. The average Bonchev–Trinajstić information content (AvgIpc) is 2.39. The van der Waals surface area contributed by atoms with Gasteiger partial charge in [-0.2, -0.15) is 0 Å². The Morgan fingerprint density at radius 1 is 1.11 bits per heavy atom. The lowest BCUT2D eigenvalue weighted by Crippen LogP contribution is -2.60. The zero-order valence-corrected chi connectivity index (χ0v) is 13.4. The average molecular weight is 254 g/mol. The molecule has 4 unspecified atom stereocenters. The molecule has 1 N–H and O–H groups in total. The molecule has 18 heavy (non-hydrogen) atoms. The summed E-state index contributed by atoms with van der Waals surface area (Å²) in [6.45, 7) is 16.6. The number of piperazine rings is 1. The van der Waals surface area contributed by atoms with Crippen LogP contribution in [0.1, 0.15) is 60.8 Å². The Morgan fingerprint density at radius 3 is 2.22 bits per heavy atom. The molecule has 1 fully saturated rings. The zero-order chi connectivity index (χ0) is 13.7. The topological polar surface area (TPSA) is 15.3 Å². The van der Waals surface area contributed by atoms with Crippen molar-refractivity contribution in [1.82, 2.24) is 10.2 Å². The Hall–Kier alpha value is -0.0800. The van der Waals surface area contributed by atoms with Gasteiger partial charge in [0.1, 0.15) is 0 Å². The van der Waals surface area contributed by atoms with Crippen molar-refractivity contribution in [3.8, 4) is 0 Å². The van der Waals surface area contributed by atoms with Gasteiger partial charge in [-0.1, -0.05) is 47.0 Å². The Morgan fingerprint density at radius 2 is 1.72 bits per heavy atom. The normalized spacial score (nSPS) is 29.5. The van der Waals surface area contributed by atoms with Crippen LogP contribution in [0, 0.1) is 11.8 Å². The maximum Gasteiger partial charge on any atom is 0.0221 e. The molecular formula is C16H34N2. The summed E-state index contributed by atoms with van der Waals surface area (Å²) in [5.41, 5.74) is 0. The van der Waals surface area contributed by atoms with Crippen LogP contribution in [-0.2, 0) is 0 Å². The van der Waals surface area contributed by atoms with E-state index in [-0.39, 0.29) is 0 Å². The summed E-state index contributed by atoms with van der Waals surface area (Å²) in [5, 5.41) is 3.74. The molecule has 0 saturated carbocycles. The fourth-order valence-corrected chi connectivity index (χ4v) is 3.39. The van der Waals surface area contributed by atoms with Gasteiger partial charge in [-0.3, -0.25) is 4.90 Å². The predicted octanol–water partition coefficient (Wildman–Crippen LogP) is 3.52. The Labute approximate surface area is 115 Å². The molecule has 0 aromatic heterocycles. The maximum absolute atomic E-state index is 3.74. The van der Waals surface area contributed by atoms with Gasteiger partial charge in [0, 0.05) is 31.2 Å². The van der Waals surface area contributed by atoms with Crippen LogP contribution in [-0.4, -0.2) is 36.1 Å². The van der Waals surface area contributed by atoms with Gasteiger partial charge in [0.2, 0.25) is 0 Å². The highest BCUT2D eigenvalue weighted by Gasteiger charge is 2.32. The van der Waals surface area contributed by atoms with Crippen LogP contribution in [0.3, 0.4) is 0 Å². The number of rotatable bonds is 6. The van der Waals surface area contributed by atoms with E-state index in [1.807, 2.05) is 0 Å². The van der Waals surface area contributed by atoms with Crippen LogP contribution in [0.2, 0.25) is 0 Å². The Bertz CT molecular complexity index is 225. The van der Waals surface area contributed by atoms with Crippen LogP contribution in [0.25, 0.3) is 0 Å². The van der Waals surface area contributed by atoms with Crippen molar-refractivity contribution in [3.05, 3.63) is 0 Å². The molecule has 0 spiro atoms. The standard InChI is InChI=1S/C16H34N2/c1-7-12(4)16-11-18(13(5)10-17-16)14(6)15(8-2)9-3/h12-17H,7-11H2,1-6H3. The van der Waals surface area contributed by atoms with Crippen LogP contribution in [0.4, 0.5) is 0 Å². The molecule has 4 atom stereocenters. The van der Waals surface area contributed by atoms with E-state index in [9.17, 15) is 0 Å². The van der Waals surface area contributed by atoms with E-state index < -0.39 is 0 Å².